The number of hydrogen-bond donors (Lipinski definition) is 2. The number of rotatable bonds is 4. The van der Waals surface area contributed by atoms with E-state index < -0.39 is 5.97 Å². The van der Waals surface area contributed by atoms with Crippen LogP contribution in [0.5, 0.6) is 0 Å². The van der Waals surface area contributed by atoms with E-state index in [1.807, 2.05) is 0 Å². The highest BCUT2D eigenvalue weighted by atomic mass is 35.5. The van der Waals surface area contributed by atoms with Crippen molar-refractivity contribution in [2.75, 3.05) is 17.3 Å². The van der Waals surface area contributed by atoms with E-state index in [4.69, 9.17) is 16.7 Å². The lowest BCUT2D eigenvalue weighted by Crippen LogP contribution is -2.16. The van der Waals surface area contributed by atoms with E-state index in [0.717, 1.165) is 0 Å². The fourth-order valence-electron chi connectivity index (χ4n) is 1.12. The predicted molar refractivity (Wildman–Crippen MR) is 65.4 cm³/mol. The summed E-state index contributed by atoms with van der Waals surface area (Å²) in [7, 11) is 0. The van der Waals surface area contributed by atoms with Gasteiger partial charge in [-0.25, -0.2) is 4.79 Å². The number of thioether (sulfide) groups is 1. The van der Waals surface area contributed by atoms with E-state index in [2.05, 4.69) is 5.32 Å². The van der Waals surface area contributed by atoms with Crippen LogP contribution < -0.4 is 5.32 Å². The lowest BCUT2D eigenvalue weighted by molar-refractivity contribution is -0.113. The van der Waals surface area contributed by atoms with E-state index in [-0.39, 0.29) is 22.9 Å². The Morgan fingerprint density at radius 1 is 1.50 bits per heavy atom. The molecule has 0 spiro atoms. The summed E-state index contributed by atoms with van der Waals surface area (Å²) >= 11 is 7.09. The van der Waals surface area contributed by atoms with Crippen LogP contribution in [0, 0.1) is 0 Å². The van der Waals surface area contributed by atoms with Crippen LogP contribution in [0.2, 0.25) is 5.02 Å². The monoisotopic (exact) mass is 259 g/mol. The minimum Gasteiger partial charge on any atom is -0.478 e. The molecule has 0 saturated carbocycles. The van der Waals surface area contributed by atoms with E-state index >= 15 is 0 Å². The molecule has 1 rings (SSSR count). The van der Waals surface area contributed by atoms with Gasteiger partial charge in [0.25, 0.3) is 0 Å². The number of carboxylic acid groups (broad SMARTS) is 1. The summed E-state index contributed by atoms with van der Waals surface area (Å²) in [6.07, 6.45) is 1.79. The molecule has 4 nitrogen and oxygen atoms in total. The van der Waals surface area contributed by atoms with Gasteiger partial charge in [0.15, 0.2) is 0 Å². The van der Waals surface area contributed by atoms with Crippen LogP contribution in [0.1, 0.15) is 10.4 Å². The molecule has 0 radical (unpaired) electrons. The Hall–Kier alpha value is -1.20. The summed E-state index contributed by atoms with van der Waals surface area (Å²) in [5.41, 5.74) is 0.248. The zero-order valence-electron chi connectivity index (χ0n) is 8.49. The average Bonchev–Trinajstić information content (AvgIpc) is 2.17. The van der Waals surface area contributed by atoms with Gasteiger partial charge >= 0.3 is 5.97 Å². The van der Waals surface area contributed by atoms with Gasteiger partial charge in [-0.05, 0) is 24.5 Å². The largest absolute Gasteiger partial charge is 0.478 e. The van der Waals surface area contributed by atoms with Gasteiger partial charge in [-0.2, -0.15) is 11.8 Å². The number of amides is 1. The van der Waals surface area contributed by atoms with Crippen molar-refractivity contribution in [3.63, 3.8) is 0 Å². The van der Waals surface area contributed by atoms with Crippen molar-refractivity contribution in [3.8, 4) is 0 Å². The molecule has 0 atom stereocenters. The molecular formula is C10H10ClNO3S. The highest BCUT2D eigenvalue weighted by molar-refractivity contribution is 7.99. The average molecular weight is 260 g/mol. The number of nitrogens with one attached hydrogen (secondary N) is 1. The Balaban J connectivity index is 2.96. The molecule has 1 amide bonds. The number of anilines is 1. The van der Waals surface area contributed by atoms with Crippen LogP contribution in [0.15, 0.2) is 18.2 Å². The number of carboxylic acids is 1. The molecule has 16 heavy (non-hydrogen) atoms. The third-order valence-corrected chi connectivity index (χ3v) is 2.55. The first-order valence-corrected chi connectivity index (χ1v) is 6.13. The molecule has 1 aromatic carbocycles. The number of aromatic carboxylic acids is 1. The molecule has 0 heterocycles. The fourth-order valence-corrected chi connectivity index (χ4v) is 1.63. The Kier molecular flexibility index (Phi) is 4.64. The molecule has 0 aromatic heterocycles. The maximum Gasteiger partial charge on any atom is 0.337 e. The summed E-state index contributed by atoms with van der Waals surface area (Å²) in [6, 6.07) is 4.25. The molecular weight excluding hydrogens is 250 g/mol. The first-order chi connectivity index (χ1) is 7.54. The van der Waals surface area contributed by atoms with Gasteiger partial charge in [-0.3, -0.25) is 4.79 Å². The third-order valence-electron chi connectivity index (χ3n) is 1.76. The Bertz CT molecular complexity index is 423. The lowest BCUT2D eigenvalue weighted by atomic mass is 10.2. The summed E-state index contributed by atoms with van der Waals surface area (Å²) in [5, 5.41) is 11.8. The number of halogens is 1. The van der Waals surface area contributed by atoms with Crippen molar-refractivity contribution in [1.82, 2.24) is 0 Å². The first kappa shape index (κ1) is 12.9. The fraction of sp³-hybridized carbons (Fsp3) is 0.200. The quantitative estimate of drug-likeness (QED) is 0.871. The molecule has 0 saturated heterocycles. The zero-order valence-corrected chi connectivity index (χ0v) is 10.1. The minimum atomic E-state index is -1.10. The second-order valence-electron chi connectivity index (χ2n) is 2.98. The van der Waals surface area contributed by atoms with Gasteiger partial charge in [-0.15, -0.1) is 0 Å². The number of carbonyl (C=O) groups is 2. The summed E-state index contributed by atoms with van der Waals surface area (Å²) < 4.78 is 0. The van der Waals surface area contributed by atoms with Gasteiger partial charge in [0.1, 0.15) is 0 Å². The van der Waals surface area contributed by atoms with Crippen molar-refractivity contribution < 1.29 is 14.7 Å². The highest BCUT2D eigenvalue weighted by Gasteiger charge is 2.12. The second-order valence-corrected chi connectivity index (χ2v) is 4.28. The molecule has 0 aliphatic carbocycles. The zero-order chi connectivity index (χ0) is 12.1. The Morgan fingerprint density at radius 3 is 2.75 bits per heavy atom. The van der Waals surface area contributed by atoms with E-state index in [1.54, 1.807) is 6.26 Å². The molecule has 0 aliphatic rings. The highest BCUT2D eigenvalue weighted by Crippen LogP contribution is 2.21. The molecule has 0 aliphatic heterocycles. The van der Waals surface area contributed by atoms with Gasteiger partial charge in [0.05, 0.1) is 17.0 Å². The maximum atomic E-state index is 11.3. The van der Waals surface area contributed by atoms with Crippen LogP contribution in [-0.4, -0.2) is 29.0 Å². The summed E-state index contributed by atoms with van der Waals surface area (Å²) in [4.78, 5) is 22.2. The summed E-state index contributed by atoms with van der Waals surface area (Å²) in [6.45, 7) is 0. The second kappa shape index (κ2) is 5.77. The van der Waals surface area contributed by atoms with Crippen molar-refractivity contribution in [2.24, 2.45) is 0 Å². The summed E-state index contributed by atoms with van der Waals surface area (Å²) in [5.74, 6) is -1.08. The minimum absolute atomic E-state index is 0.0267. The number of benzene rings is 1. The Morgan fingerprint density at radius 2 is 2.19 bits per heavy atom. The van der Waals surface area contributed by atoms with E-state index in [0.29, 0.717) is 5.02 Å². The standard InChI is InChI=1S/C10H10ClNO3S/c1-16-5-9(13)12-8-4-6(11)2-3-7(8)10(14)15/h2-4H,5H2,1H3,(H,12,13)(H,14,15). The first-order valence-electron chi connectivity index (χ1n) is 4.36. The van der Waals surface area contributed by atoms with E-state index in [9.17, 15) is 9.59 Å². The van der Waals surface area contributed by atoms with Crippen molar-refractivity contribution in [3.05, 3.63) is 28.8 Å². The van der Waals surface area contributed by atoms with Crippen LogP contribution in [0.3, 0.4) is 0 Å². The lowest BCUT2D eigenvalue weighted by Gasteiger charge is -2.08. The molecule has 0 bridgehead atoms. The number of carbonyl (C=O) groups excluding carboxylic acids is 1. The van der Waals surface area contributed by atoms with Crippen LogP contribution in [-0.2, 0) is 4.79 Å². The SMILES string of the molecule is CSCC(=O)Nc1cc(Cl)ccc1C(=O)O. The predicted octanol–water partition coefficient (Wildman–Crippen LogP) is 2.34. The van der Waals surface area contributed by atoms with Gasteiger partial charge < -0.3 is 10.4 Å². The van der Waals surface area contributed by atoms with Crippen molar-refractivity contribution in [2.45, 2.75) is 0 Å². The molecule has 6 heteroatoms. The molecule has 1 aromatic rings. The van der Waals surface area contributed by atoms with Crippen LogP contribution in [0.4, 0.5) is 5.69 Å². The molecule has 86 valence electrons. The Labute approximate surface area is 102 Å². The van der Waals surface area contributed by atoms with Gasteiger partial charge in [-0.1, -0.05) is 11.6 Å². The smallest absolute Gasteiger partial charge is 0.337 e. The molecule has 0 unspecified atom stereocenters. The van der Waals surface area contributed by atoms with Crippen molar-refractivity contribution in [1.29, 1.82) is 0 Å². The maximum absolute atomic E-state index is 11.3. The van der Waals surface area contributed by atoms with Gasteiger partial charge in [0.2, 0.25) is 5.91 Å². The van der Waals surface area contributed by atoms with E-state index in [1.165, 1.54) is 30.0 Å². The topological polar surface area (TPSA) is 66.4 Å². The molecule has 2 N–H and O–H groups in total. The molecule has 0 fully saturated rings. The van der Waals surface area contributed by atoms with Crippen molar-refractivity contribution >= 4 is 40.9 Å². The number of hydrogen-bond acceptors (Lipinski definition) is 3. The normalized spacial score (nSPS) is 9.88. The van der Waals surface area contributed by atoms with Crippen LogP contribution in [0.25, 0.3) is 0 Å². The van der Waals surface area contributed by atoms with Gasteiger partial charge in [0, 0.05) is 5.02 Å². The van der Waals surface area contributed by atoms with Crippen LogP contribution >= 0.6 is 23.4 Å². The third kappa shape index (κ3) is 3.43.